The van der Waals surface area contributed by atoms with Crippen LogP contribution in [0.1, 0.15) is 50.7 Å². The lowest BCUT2D eigenvalue weighted by Gasteiger charge is -2.36. The maximum Gasteiger partial charge on any atom is 0.226 e. The third kappa shape index (κ3) is 4.15. The van der Waals surface area contributed by atoms with Crippen LogP contribution < -0.4 is 15.5 Å². The van der Waals surface area contributed by atoms with Crippen LogP contribution in [0.4, 0.5) is 22.7 Å². The van der Waals surface area contributed by atoms with E-state index in [2.05, 4.69) is 65.5 Å². The Morgan fingerprint density at radius 2 is 2.06 bits per heavy atom. The van der Waals surface area contributed by atoms with Crippen molar-refractivity contribution in [1.82, 2.24) is 5.01 Å². The third-order valence-electron chi connectivity index (χ3n) is 6.18. The lowest BCUT2D eigenvalue weighted by molar-refractivity contribution is -0.116. The van der Waals surface area contributed by atoms with Crippen molar-refractivity contribution in [3.05, 3.63) is 53.7 Å². The van der Waals surface area contributed by atoms with Crippen LogP contribution in [0.3, 0.4) is 0 Å². The van der Waals surface area contributed by atoms with Gasteiger partial charge in [0.05, 0.1) is 17.1 Å². The van der Waals surface area contributed by atoms with E-state index >= 15 is 0 Å². The number of amides is 1. The number of nitrogens with one attached hydrogen (secondary N) is 2. The maximum atomic E-state index is 12.2. The molecular formula is C25H31N5O. The van der Waals surface area contributed by atoms with Crippen LogP contribution in [-0.4, -0.2) is 37.3 Å². The van der Waals surface area contributed by atoms with E-state index in [0.717, 1.165) is 35.6 Å². The number of hydrogen-bond acceptors (Lipinski definition) is 5. The molecule has 0 fully saturated rings. The van der Waals surface area contributed by atoms with Gasteiger partial charge in [0, 0.05) is 44.7 Å². The van der Waals surface area contributed by atoms with Crippen molar-refractivity contribution in [3.63, 3.8) is 0 Å². The number of nitrogens with zero attached hydrogens (tertiary/aromatic N) is 3. The minimum absolute atomic E-state index is 0.0504. The van der Waals surface area contributed by atoms with Gasteiger partial charge in [-0.2, -0.15) is 5.10 Å². The fourth-order valence-electron chi connectivity index (χ4n) is 4.48. The summed E-state index contributed by atoms with van der Waals surface area (Å²) in [4.78, 5) is 14.6. The first-order valence-corrected chi connectivity index (χ1v) is 10.9. The second-order valence-corrected chi connectivity index (χ2v) is 8.64. The number of hydrogen-bond donors (Lipinski definition) is 2. The number of allylic oxidation sites excluding steroid dienone is 1. The molecule has 162 valence electrons. The lowest BCUT2D eigenvalue weighted by Crippen LogP contribution is -2.27. The first-order chi connectivity index (χ1) is 14.9. The van der Waals surface area contributed by atoms with Crippen LogP contribution in [0.5, 0.6) is 0 Å². The number of benzene rings is 2. The Morgan fingerprint density at radius 3 is 2.84 bits per heavy atom. The van der Waals surface area contributed by atoms with E-state index in [1.807, 2.05) is 32.3 Å². The molecule has 2 aliphatic rings. The number of carbonyl (C=O) groups excluding carboxylic acids is 1. The topological polar surface area (TPSA) is 60.0 Å². The smallest absolute Gasteiger partial charge is 0.226 e. The molecule has 6 nitrogen and oxygen atoms in total. The van der Waals surface area contributed by atoms with Gasteiger partial charge in [0.25, 0.3) is 0 Å². The van der Waals surface area contributed by atoms with Gasteiger partial charge in [-0.3, -0.25) is 9.80 Å². The Balaban J connectivity index is 1.77. The van der Waals surface area contributed by atoms with Gasteiger partial charge >= 0.3 is 0 Å². The third-order valence-corrected chi connectivity index (χ3v) is 6.18. The Morgan fingerprint density at radius 1 is 1.26 bits per heavy atom. The Kier molecular flexibility index (Phi) is 5.72. The molecule has 0 aliphatic carbocycles. The number of rotatable bonds is 4. The van der Waals surface area contributed by atoms with Crippen molar-refractivity contribution >= 4 is 40.9 Å². The summed E-state index contributed by atoms with van der Waals surface area (Å²) < 4.78 is 0. The van der Waals surface area contributed by atoms with Crippen molar-refractivity contribution < 1.29 is 4.79 Å². The highest BCUT2D eigenvalue weighted by atomic mass is 16.1. The fraction of sp³-hybridized carbons (Fsp3) is 0.360. The minimum atomic E-state index is 0.0504. The fourth-order valence-corrected chi connectivity index (χ4v) is 4.48. The number of anilines is 4. The quantitative estimate of drug-likeness (QED) is 0.518. The largest absolute Gasteiger partial charge is 0.379 e. The molecule has 6 heteroatoms. The molecule has 2 N–H and O–H groups in total. The number of carbonyl (C=O) groups is 1. The van der Waals surface area contributed by atoms with Crippen molar-refractivity contribution in [2.24, 2.45) is 5.10 Å². The molecule has 0 spiro atoms. The summed E-state index contributed by atoms with van der Waals surface area (Å²) in [6.07, 6.45) is 3.52. The van der Waals surface area contributed by atoms with E-state index in [1.54, 1.807) is 5.01 Å². The molecule has 0 radical (unpaired) electrons. The molecular weight excluding hydrogens is 386 g/mol. The Labute approximate surface area is 184 Å². The lowest BCUT2D eigenvalue weighted by atomic mass is 9.88. The molecule has 2 atom stereocenters. The van der Waals surface area contributed by atoms with E-state index in [9.17, 15) is 4.79 Å². The van der Waals surface area contributed by atoms with Gasteiger partial charge in [-0.1, -0.05) is 19.1 Å². The summed E-state index contributed by atoms with van der Waals surface area (Å²) in [5, 5.41) is 12.3. The number of fused-ring (bicyclic) bond motifs is 2. The van der Waals surface area contributed by atoms with Gasteiger partial charge in [-0.15, -0.1) is 0 Å². The molecule has 1 amide bonds. The molecule has 2 heterocycles. The number of para-hydroxylation sites is 1. The predicted octanol–water partition coefficient (Wildman–Crippen LogP) is 5.38. The van der Waals surface area contributed by atoms with Gasteiger partial charge < -0.3 is 15.5 Å². The van der Waals surface area contributed by atoms with Crippen LogP contribution in [-0.2, 0) is 4.79 Å². The van der Waals surface area contributed by atoms with E-state index in [4.69, 9.17) is 0 Å². The van der Waals surface area contributed by atoms with Gasteiger partial charge in [-0.25, -0.2) is 0 Å². The predicted molar refractivity (Wildman–Crippen MR) is 130 cm³/mol. The van der Waals surface area contributed by atoms with Crippen molar-refractivity contribution in [1.29, 1.82) is 0 Å². The van der Waals surface area contributed by atoms with Crippen LogP contribution in [0.2, 0.25) is 0 Å². The molecule has 2 aromatic rings. The molecule has 0 saturated carbocycles. The highest BCUT2D eigenvalue weighted by Gasteiger charge is 2.28. The zero-order chi connectivity index (χ0) is 22.1. The van der Waals surface area contributed by atoms with Crippen LogP contribution in [0, 0.1) is 0 Å². The average Bonchev–Trinajstić information content (AvgIpc) is 2.90. The van der Waals surface area contributed by atoms with Crippen molar-refractivity contribution in [2.75, 3.05) is 29.1 Å². The van der Waals surface area contributed by atoms with Crippen molar-refractivity contribution in [3.8, 4) is 0 Å². The highest BCUT2D eigenvalue weighted by Crippen LogP contribution is 2.45. The Bertz CT molecular complexity index is 1040. The average molecular weight is 418 g/mol. The van der Waals surface area contributed by atoms with Crippen molar-refractivity contribution in [2.45, 2.75) is 45.6 Å². The van der Waals surface area contributed by atoms with E-state index in [1.165, 1.54) is 16.8 Å². The summed E-state index contributed by atoms with van der Waals surface area (Å²) >= 11 is 0. The molecule has 0 bridgehead atoms. The number of hydrazone groups is 1. The van der Waals surface area contributed by atoms with Gasteiger partial charge in [-0.05, 0) is 67.2 Å². The van der Waals surface area contributed by atoms with Gasteiger partial charge in [0.15, 0.2) is 0 Å². The standard InChI is InChI=1S/C25H31N5O/c1-16-11-12-30(22-10-9-19(14-20(16)22)17(2)15-29(5)26-4)23-8-6-7-21-25(23)27-18(3)13-24(31)28-21/h6-10,14-16,18,27H,4,11-13H2,1-3,5H3,(H,28,31)/b17-15+/t16-,18-/m1/s1. The maximum absolute atomic E-state index is 12.2. The SMILES string of the molecule is C=NN(C)/C=C(\C)c1ccc2c(c1)[C@H](C)CCN2c1cccc2c1N[C@H](C)CC(=O)N2. The molecule has 4 rings (SSSR count). The first kappa shape index (κ1) is 21.0. The summed E-state index contributed by atoms with van der Waals surface area (Å²) in [7, 11) is 1.88. The second kappa shape index (κ2) is 8.46. The minimum Gasteiger partial charge on any atom is -0.379 e. The molecule has 2 aromatic carbocycles. The van der Waals surface area contributed by atoms with E-state index < -0.39 is 0 Å². The second-order valence-electron chi connectivity index (χ2n) is 8.64. The van der Waals surface area contributed by atoms with Crippen LogP contribution in [0.25, 0.3) is 5.57 Å². The zero-order valence-corrected chi connectivity index (χ0v) is 18.8. The molecule has 0 saturated heterocycles. The van der Waals surface area contributed by atoms with Gasteiger partial charge in [0.1, 0.15) is 0 Å². The van der Waals surface area contributed by atoms with E-state index in [-0.39, 0.29) is 11.9 Å². The normalized spacial score (nSPS) is 20.7. The molecule has 31 heavy (non-hydrogen) atoms. The van der Waals surface area contributed by atoms with E-state index in [0.29, 0.717) is 12.3 Å². The van der Waals surface area contributed by atoms with Crippen LogP contribution >= 0.6 is 0 Å². The summed E-state index contributed by atoms with van der Waals surface area (Å²) in [5.74, 6) is 0.526. The summed E-state index contributed by atoms with van der Waals surface area (Å²) in [6.45, 7) is 11.0. The monoisotopic (exact) mass is 417 g/mol. The zero-order valence-electron chi connectivity index (χ0n) is 18.8. The Hall–Kier alpha value is -3.28. The molecule has 2 aliphatic heterocycles. The summed E-state index contributed by atoms with van der Waals surface area (Å²) in [6, 6.07) is 12.9. The first-order valence-electron chi connectivity index (χ1n) is 10.9. The summed E-state index contributed by atoms with van der Waals surface area (Å²) in [5.41, 5.74) is 7.86. The van der Waals surface area contributed by atoms with Gasteiger partial charge in [0.2, 0.25) is 5.91 Å². The molecule has 0 aromatic heterocycles. The van der Waals surface area contributed by atoms with Crippen LogP contribution in [0.15, 0.2) is 47.7 Å². The highest BCUT2D eigenvalue weighted by molar-refractivity contribution is 6.00. The molecule has 0 unspecified atom stereocenters.